The average molecular weight is 429 g/mol. The maximum atomic E-state index is 12.8. The molecule has 1 amide bonds. The molecule has 1 aliphatic heterocycles. The number of nitrogens with zero attached hydrogens (tertiary/aromatic N) is 4. The highest BCUT2D eigenvalue weighted by molar-refractivity contribution is 5.96. The fraction of sp³-hybridized carbons (Fsp3) is 0.250. The van der Waals surface area contributed by atoms with Crippen molar-refractivity contribution in [2.45, 2.75) is 25.5 Å². The second-order valence-corrected chi connectivity index (χ2v) is 7.81. The van der Waals surface area contributed by atoms with E-state index in [-0.39, 0.29) is 18.6 Å². The summed E-state index contributed by atoms with van der Waals surface area (Å²) in [6, 6.07) is 13.0. The minimum Gasteiger partial charge on any atom is -0.464 e. The number of carbonyl (C=O) groups excluding carboxylic acids is 1. The smallest absolute Gasteiger partial charge is 0.251 e. The van der Waals surface area contributed by atoms with E-state index >= 15 is 0 Å². The number of amides is 1. The number of nitrogens with one attached hydrogen (secondary N) is 1. The molecule has 8 nitrogen and oxygen atoms in total. The zero-order valence-corrected chi connectivity index (χ0v) is 17.4. The van der Waals surface area contributed by atoms with Gasteiger partial charge in [-0.05, 0) is 43.2 Å². The van der Waals surface area contributed by atoms with Crippen molar-refractivity contribution in [3.8, 4) is 11.3 Å². The first kappa shape index (κ1) is 20.1. The maximum Gasteiger partial charge on any atom is 0.251 e. The van der Waals surface area contributed by atoms with Gasteiger partial charge in [-0.25, -0.2) is 9.97 Å². The third kappa shape index (κ3) is 4.04. The predicted molar refractivity (Wildman–Crippen MR) is 120 cm³/mol. The topological polar surface area (TPSA) is 104 Å². The lowest BCUT2D eigenvalue weighted by molar-refractivity contribution is 0.0931. The van der Waals surface area contributed by atoms with Gasteiger partial charge in [0.2, 0.25) is 5.95 Å². The van der Waals surface area contributed by atoms with E-state index in [0.29, 0.717) is 17.2 Å². The Morgan fingerprint density at radius 2 is 1.84 bits per heavy atom. The lowest BCUT2D eigenvalue weighted by atomic mass is 10.0. The minimum atomic E-state index is -0.103. The van der Waals surface area contributed by atoms with Crippen molar-refractivity contribution in [2.75, 3.05) is 18.0 Å². The molecule has 8 heteroatoms. The van der Waals surface area contributed by atoms with Crippen molar-refractivity contribution in [3.05, 3.63) is 72.4 Å². The summed E-state index contributed by atoms with van der Waals surface area (Å²) in [4.78, 5) is 28.0. The first-order valence-electron chi connectivity index (χ1n) is 10.6. The van der Waals surface area contributed by atoms with Crippen LogP contribution in [0.15, 0.2) is 65.5 Å². The number of benzene rings is 1. The van der Waals surface area contributed by atoms with Gasteiger partial charge in [0.1, 0.15) is 5.58 Å². The second-order valence-electron chi connectivity index (χ2n) is 7.81. The van der Waals surface area contributed by atoms with E-state index in [2.05, 4.69) is 25.2 Å². The van der Waals surface area contributed by atoms with Crippen LogP contribution in [-0.4, -0.2) is 45.1 Å². The normalized spacial score (nSPS) is 14.6. The zero-order chi connectivity index (χ0) is 21.9. The number of piperidine rings is 1. The van der Waals surface area contributed by atoms with Crippen LogP contribution in [0.25, 0.3) is 22.2 Å². The van der Waals surface area contributed by atoms with E-state index in [1.54, 1.807) is 24.7 Å². The van der Waals surface area contributed by atoms with Crippen LogP contribution in [0.3, 0.4) is 0 Å². The molecule has 4 aromatic rings. The molecule has 0 atom stereocenters. The van der Waals surface area contributed by atoms with Crippen molar-refractivity contribution < 1.29 is 14.3 Å². The molecular weight excluding hydrogens is 406 g/mol. The van der Waals surface area contributed by atoms with Crippen LogP contribution in [0.1, 0.15) is 28.9 Å². The van der Waals surface area contributed by atoms with Gasteiger partial charge in [0.05, 0.1) is 24.3 Å². The zero-order valence-electron chi connectivity index (χ0n) is 17.4. The molecule has 2 N–H and O–H groups in total. The molecule has 0 saturated carbocycles. The molecule has 0 radical (unpaired) electrons. The molecule has 162 valence electrons. The Morgan fingerprint density at radius 3 is 2.62 bits per heavy atom. The summed E-state index contributed by atoms with van der Waals surface area (Å²) >= 11 is 0. The number of hydrogen-bond donors (Lipinski definition) is 2. The summed E-state index contributed by atoms with van der Waals surface area (Å²) in [5, 5.41) is 13.4. The van der Waals surface area contributed by atoms with E-state index < -0.39 is 0 Å². The predicted octanol–water partition coefficient (Wildman–Crippen LogP) is 3.18. The van der Waals surface area contributed by atoms with Gasteiger partial charge in [0.15, 0.2) is 0 Å². The molecule has 4 heterocycles. The van der Waals surface area contributed by atoms with Crippen LogP contribution in [0.5, 0.6) is 0 Å². The molecule has 3 aromatic heterocycles. The van der Waals surface area contributed by atoms with Crippen molar-refractivity contribution in [1.29, 1.82) is 0 Å². The number of fused-ring (bicyclic) bond motifs is 1. The molecule has 0 bridgehead atoms. The number of hydrogen-bond acceptors (Lipinski definition) is 7. The van der Waals surface area contributed by atoms with Crippen molar-refractivity contribution in [1.82, 2.24) is 20.3 Å². The summed E-state index contributed by atoms with van der Waals surface area (Å²) in [6.07, 6.45) is 6.65. The van der Waals surface area contributed by atoms with Crippen LogP contribution in [0.2, 0.25) is 0 Å². The average Bonchev–Trinajstić information content (AvgIpc) is 3.34. The van der Waals surface area contributed by atoms with E-state index in [1.807, 2.05) is 36.4 Å². The van der Waals surface area contributed by atoms with Crippen molar-refractivity contribution in [2.24, 2.45) is 0 Å². The summed E-state index contributed by atoms with van der Waals surface area (Å²) in [6.45, 7) is 1.40. The highest BCUT2D eigenvalue weighted by atomic mass is 16.3. The van der Waals surface area contributed by atoms with Crippen LogP contribution in [0.4, 0.5) is 5.95 Å². The van der Waals surface area contributed by atoms with Gasteiger partial charge >= 0.3 is 0 Å². The standard InChI is InChI=1S/C24H23N5O3/c30-15-19-5-10-26-24(28-19)29-12-7-18(8-13-29)27-23(31)17-3-1-16(2-4-17)22-20-9-14-32-21(20)6-11-25-22/h1-6,9-11,14,18,30H,7-8,12-13,15H2,(H,27,31). The summed E-state index contributed by atoms with van der Waals surface area (Å²) in [5.41, 5.74) is 3.79. The van der Waals surface area contributed by atoms with Gasteiger partial charge in [0.25, 0.3) is 5.91 Å². The van der Waals surface area contributed by atoms with Gasteiger partial charge in [-0.1, -0.05) is 12.1 Å². The first-order valence-corrected chi connectivity index (χ1v) is 10.6. The van der Waals surface area contributed by atoms with Crippen molar-refractivity contribution >= 4 is 22.8 Å². The quantitative estimate of drug-likeness (QED) is 0.502. The Balaban J connectivity index is 1.21. The number of aliphatic hydroxyl groups excluding tert-OH is 1. The molecule has 5 rings (SSSR count). The number of aliphatic hydroxyl groups is 1. The third-order valence-corrected chi connectivity index (χ3v) is 5.78. The third-order valence-electron chi connectivity index (χ3n) is 5.78. The Morgan fingerprint density at radius 1 is 1.06 bits per heavy atom. The van der Waals surface area contributed by atoms with Gasteiger partial charge < -0.3 is 19.7 Å². The number of anilines is 1. The Labute approximate surface area is 184 Å². The number of carbonyl (C=O) groups is 1. The maximum absolute atomic E-state index is 12.8. The molecule has 1 aromatic carbocycles. The number of rotatable bonds is 5. The molecule has 0 aliphatic carbocycles. The fourth-order valence-electron chi connectivity index (χ4n) is 4.02. The van der Waals surface area contributed by atoms with Gasteiger partial charge in [-0.2, -0.15) is 0 Å². The summed E-state index contributed by atoms with van der Waals surface area (Å²) < 4.78 is 5.45. The van der Waals surface area contributed by atoms with Gasteiger partial charge in [-0.15, -0.1) is 0 Å². The summed E-state index contributed by atoms with van der Waals surface area (Å²) in [7, 11) is 0. The SMILES string of the molecule is O=C(NC1CCN(c2nccc(CO)n2)CC1)c1ccc(-c2nccc3occc23)cc1. The largest absolute Gasteiger partial charge is 0.464 e. The van der Waals surface area contributed by atoms with E-state index in [4.69, 9.17) is 4.42 Å². The van der Waals surface area contributed by atoms with E-state index in [0.717, 1.165) is 48.2 Å². The Bertz CT molecular complexity index is 1230. The highest BCUT2D eigenvalue weighted by Crippen LogP contribution is 2.27. The van der Waals surface area contributed by atoms with Gasteiger partial charge in [-0.3, -0.25) is 9.78 Å². The van der Waals surface area contributed by atoms with Gasteiger partial charge in [0, 0.05) is 48.0 Å². The Hall–Kier alpha value is -3.78. The second kappa shape index (κ2) is 8.76. The number of pyridine rings is 1. The lowest BCUT2D eigenvalue weighted by Crippen LogP contribution is -2.45. The minimum absolute atomic E-state index is 0.0805. The fourth-order valence-corrected chi connectivity index (χ4v) is 4.02. The van der Waals surface area contributed by atoms with Crippen LogP contribution in [-0.2, 0) is 6.61 Å². The molecular formula is C24H23N5O3. The number of furan rings is 1. The monoisotopic (exact) mass is 429 g/mol. The molecule has 1 aliphatic rings. The van der Waals surface area contributed by atoms with Crippen LogP contribution >= 0.6 is 0 Å². The molecule has 0 spiro atoms. The molecule has 1 saturated heterocycles. The molecule has 32 heavy (non-hydrogen) atoms. The van der Waals surface area contributed by atoms with E-state index in [9.17, 15) is 9.90 Å². The van der Waals surface area contributed by atoms with Crippen LogP contribution in [0, 0.1) is 0 Å². The first-order chi connectivity index (χ1) is 15.7. The highest BCUT2D eigenvalue weighted by Gasteiger charge is 2.23. The lowest BCUT2D eigenvalue weighted by Gasteiger charge is -2.32. The van der Waals surface area contributed by atoms with E-state index in [1.165, 1.54) is 0 Å². The van der Waals surface area contributed by atoms with Crippen molar-refractivity contribution in [3.63, 3.8) is 0 Å². The van der Waals surface area contributed by atoms with Crippen LogP contribution < -0.4 is 10.2 Å². The Kier molecular flexibility index (Phi) is 5.51. The molecule has 1 fully saturated rings. The number of aromatic nitrogens is 3. The summed E-state index contributed by atoms with van der Waals surface area (Å²) in [5.74, 6) is 0.543. The molecule has 0 unspecified atom stereocenters.